The van der Waals surface area contributed by atoms with Gasteiger partial charge in [0.05, 0.1) is 6.54 Å². The molecule has 0 saturated heterocycles. The van der Waals surface area contributed by atoms with Crippen LogP contribution in [0.25, 0.3) is 0 Å². The van der Waals surface area contributed by atoms with Crippen molar-refractivity contribution in [3.63, 3.8) is 0 Å². The van der Waals surface area contributed by atoms with E-state index < -0.39 is 5.97 Å². The number of nitrogens with zero attached hydrogens (tertiary/aromatic N) is 3. The predicted molar refractivity (Wildman–Crippen MR) is 60.3 cm³/mol. The van der Waals surface area contributed by atoms with Crippen molar-refractivity contribution in [1.82, 2.24) is 9.97 Å². The minimum Gasteiger partial charge on any atom is -0.476 e. The van der Waals surface area contributed by atoms with Crippen LogP contribution in [-0.4, -0.2) is 33.6 Å². The van der Waals surface area contributed by atoms with Crippen molar-refractivity contribution < 1.29 is 9.90 Å². The average Bonchev–Trinajstić information content (AvgIpc) is 2.25. The van der Waals surface area contributed by atoms with Gasteiger partial charge in [-0.15, -0.1) is 6.42 Å². The number of carboxylic acid groups (broad SMARTS) is 1. The molecular weight excluding hydrogens is 206 g/mol. The highest BCUT2D eigenvalue weighted by Crippen LogP contribution is 2.17. The number of hydrogen-bond acceptors (Lipinski definition) is 4. The molecule has 0 amide bonds. The number of rotatable bonds is 4. The number of anilines is 1. The molecule has 0 atom stereocenters. The van der Waals surface area contributed by atoms with Gasteiger partial charge in [-0.1, -0.05) is 5.92 Å². The van der Waals surface area contributed by atoms with E-state index in [1.54, 1.807) is 4.90 Å². The van der Waals surface area contributed by atoms with E-state index in [0.29, 0.717) is 12.4 Å². The van der Waals surface area contributed by atoms with E-state index in [0.717, 1.165) is 0 Å². The van der Waals surface area contributed by atoms with Crippen LogP contribution >= 0.6 is 0 Å². The van der Waals surface area contributed by atoms with Crippen LogP contribution in [0, 0.1) is 12.3 Å². The predicted octanol–water partition coefficient (Wildman–Crippen LogP) is 1.02. The Morgan fingerprint density at radius 2 is 2.19 bits per heavy atom. The molecule has 0 spiro atoms. The summed E-state index contributed by atoms with van der Waals surface area (Å²) in [5, 5.41) is 8.98. The summed E-state index contributed by atoms with van der Waals surface area (Å²) in [5.74, 6) is 1.68. The quantitative estimate of drug-likeness (QED) is 0.766. The zero-order chi connectivity index (χ0) is 12.1. The van der Waals surface area contributed by atoms with Crippen LogP contribution in [0.4, 0.5) is 5.82 Å². The molecular formula is C11H13N3O2. The third-order valence-electron chi connectivity index (χ3n) is 2.04. The summed E-state index contributed by atoms with van der Waals surface area (Å²) in [6, 6.07) is 0.0610. The Morgan fingerprint density at radius 3 is 2.69 bits per heavy atom. The SMILES string of the molecule is C#CCN(c1nccnc1C(=O)O)C(C)C. The van der Waals surface area contributed by atoms with Crippen molar-refractivity contribution in [1.29, 1.82) is 0 Å². The summed E-state index contributed by atoms with van der Waals surface area (Å²) < 4.78 is 0. The Bertz CT molecular complexity index is 423. The fourth-order valence-electron chi connectivity index (χ4n) is 1.29. The first kappa shape index (κ1) is 12.0. The lowest BCUT2D eigenvalue weighted by molar-refractivity contribution is 0.0690. The first-order chi connectivity index (χ1) is 7.57. The van der Waals surface area contributed by atoms with Gasteiger partial charge in [-0.05, 0) is 13.8 Å². The summed E-state index contributed by atoms with van der Waals surface area (Å²) in [6.07, 6.45) is 8.04. The van der Waals surface area contributed by atoms with E-state index in [-0.39, 0.29) is 11.7 Å². The van der Waals surface area contributed by atoms with Crippen LogP contribution in [0.5, 0.6) is 0 Å². The zero-order valence-corrected chi connectivity index (χ0v) is 9.21. The number of aromatic carboxylic acids is 1. The molecule has 1 aromatic rings. The van der Waals surface area contributed by atoms with Crippen LogP contribution in [0.1, 0.15) is 24.3 Å². The van der Waals surface area contributed by atoms with Crippen LogP contribution in [-0.2, 0) is 0 Å². The van der Waals surface area contributed by atoms with Crippen molar-refractivity contribution in [3.8, 4) is 12.3 Å². The van der Waals surface area contributed by atoms with Gasteiger partial charge in [-0.2, -0.15) is 0 Å². The van der Waals surface area contributed by atoms with Crippen molar-refractivity contribution in [3.05, 3.63) is 18.1 Å². The van der Waals surface area contributed by atoms with Gasteiger partial charge in [0, 0.05) is 18.4 Å². The Kier molecular flexibility index (Phi) is 3.84. The monoisotopic (exact) mass is 219 g/mol. The molecule has 0 aliphatic rings. The van der Waals surface area contributed by atoms with Crippen molar-refractivity contribution in [2.45, 2.75) is 19.9 Å². The molecule has 1 N–H and O–H groups in total. The molecule has 84 valence electrons. The molecule has 0 radical (unpaired) electrons. The number of carbonyl (C=O) groups is 1. The zero-order valence-electron chi connectivity index (χ0n) is 9.21. The van der Waals surface area contributed by atoms with Gasteiger partial charge in [0.25, 0.3) is 0 Å². The number of carboxylic acids is 1. The summed E-state index contributed by atoms with van der Waals surface area (Å²) >= 11 is 0. The lowest BCUT2D eigenvalue weighted by Gasteiger charge is -2.26. The first-order valence-corrected chi connectivity index (χ1v) is 4.82. The Balaban J connectivity index is 3.19. The molecule has 1 aromatic heterocycles. The maximum Gasteiger partial charge on any atom is 0.358 e. The third kappa shape index (κ3) is 2.48. The molecule has 0 aliphatic carbocycles. The summed E-state index contributed by atoms with van der Waals surface area (Å²) in [7, 11) is 0. The smallest absolute Gasteiger partial charge is 0.358 e. The summed E-state index contributed by atoms with van der Waals surface area (Å²) in [4.78, 5) is 20.5. The molecule has 5 nitrogen and oxygen atoms in total. The number of terminal acetylenes is 1. The van der Waals surface area contributed by atoms with Crippen molar-refractivity contribution in [2.75, 3.05) is 11.4 Å². The third-order valence-corrected chi connectivity index (χ3v) is 2.04. The Hall–Kier alpha value is -2.09. The van der Waals surface area contributed by atoms with E-state index in [4.69, 9.17) is 11.5 Å². The van der Waals surface area contributed by atoms with Crippen molar-refractivity contribution >= 4 is 11.8 Å². The van der Waals surface area contributed by atoms with Gasteiger partial charge in [0.1, 0.15) is 0 Å². The van der Waals surface area contributed by atoms with E-state index in [1.807, 2.05) is 13.8 Å². The van der Waals surface area contributed by atoms with E-state index >= 15 is 0 Å². The van der Waals surface area contributed by atoms with Crippen LogP contribution in [0.3, 0.4) is 0 Å². The fraction of sp³-hybridized carbons (Fsp3) is 0.364. The lowest BCUT2D eigenvalue weighted by Crippen LogP contribution is -2.33. The van der Waals surface area contributed by atoms with Gasteiger partial charge in [-0.25, -0.2) is 14.8 Å². The molecule has 16 heavy (non-hydrogen) atoms. The standard InChI is InChI=1S/C11H13N3O2/c1-4-7-14(8(2)3)10-9(11(15)16)12-5-6-13-10/h1,5-6,8H,7H2,2-3H3,(H,15,16). The molecule has 0 aromatic carbocycles. The van der Waals surface area contributed by atoms with Gasteiger partial charge in [-0.3, -0.25) is 0 Å². The van der Waals surface area contributed by atoms with Crippen LogP contribution < -0.4 is 4.90 Å². The molecule has 5 heteroatoms. The van der Waals surface area contributed by atoms with Gasteiger partial charge >= 0.3 is 5.97 Å². The van der Waals surface area contributed by atoms with Crippen LogP contribution in [0.2, 0.25) is 0 Å². The topological polar surface area (TPSA) is 66.3 Å². The minimum atomic E-state index is -1.11. The normalized spacial score (nSPS) is 9.88. The lowest BCUT2D eigenvalue weighted by atomic mass is 10.3. The van der Waals surface area contributed by atoms with E-state index in [2.05, 4.69) is 15.9 Å². The molecule has 0 saturated carbocycles. The average molecular weight is 219 g/mol. The largest absolute Gasteiger partial charge is 0.476 e. The highest BCUT2D eigenvalue weighted by Gasteiger charge is 2.19. The Labute approximate surface area is 94.1 Å². The molecule has 0 fully saturated rings. The molecule has 0 aliphatic heterocycles. The molecule has 1 heterocycles. The van der Waals surface area contributed by atoms with Gasteiger partial charge in [0.2, 0.25) is 0 Å². The first-order valence-electron chi connectivity index (χ1n) is 4.82. The second-order valence-corrected chi connectivity index (χ2v) is 3.46. The van der Waals surface area contributed by atoms with E-state index in [1.165, 1.54) is 12.4 Å². The second-order valence-electron chi connectivity index (χ2n) is 3.46. The highest BCUT2D eigenvalue weighted by molar-refractivity contribution is 5.91. The molecule has 0 unspecified atom stereocenters. The fourth-order valence-corrected chi connectivity index (χ4v) is 1.29. The highest BCUT2D eigenvalue weighted by atomic mass is 16.4. The summed E-state index contributed by atoms with van der Waals surface area (Å²) in [6.45, 7) is 4.13. The minimum absolute atomic E-state index is 0.0610. The molecule has 0 bridgehead atoms. The number of hydrogen-bond donors (Lipinski definition) is 1. The maximum absolute atomic E-state index is 11.0. The molecule has 1 rings (SSSR count). The van der Waals surface area contributed by atoms with Crippen LogP contribution in [0.15, 0.2) is 12.4 Å². The van der Waals surface area contributed by atoms with Gasteiger partial charge < -0.3 is 10.0 Å². The van der Waals surface area contributed by atoms with E-state index in [9.17, 15) is 4.79 Å². The van der Waals surface area contributed by atoms with Crippen molar-refractivity contribution in [2.24, 2.45) is 0 Å². The summed E-state index contributed by atoms with van der Waals surface area (Å²) in [5.41, 5.74) is -0.0774. The maximum atomic E-state index is 11.0. The second kappa shape index (κ2) is 5.12. The Morgan fingerprint density at radius 1 is 1.56 bits per heavy atom. The van der Waals surface area contributed by atoms with Gasteiger partial charge in [0.15, 0.2) is 11.5 Å². The number of aromatic nitrogens is 2.